The summed E-state index contributed by atoms with van der Waals surface area (Å²) in [5, 5.41) is 10.3. The van der Waals surface area contributed by atoms with Crippen LogP contribution >= 0.6 is 0 Å². The Hall–Kier alpha value is -2.18. The number of rotatable bonds is 7. The summed E-state index contributed by atoms with van der Waals surface area (Å²) in [6, 6.07) is 7.44. The number of alkyl halides is 3. The van der Waals surface area contributed by atoms with Crippen LogP contribution in [0.25, 0.3) is 0 Å². The number of nitrogens with one attached hydrogen (secondary N) is 1. The molecule has 0 aliphatic carbocycles. The second-order valence-electron chi connectivity index (χ2n) is 7.73. The van der Waals surface area contributed by atoms with Crippen LogP contribution in [0.1, 0.15) is 29.8 Å². The molecule has 1 aliphatic rings. The van der Waals surface area contributed by atoms with Crippen LogP contribution < -0.4 is 5.32 Å². The highest BCUT2D eigenvalue weighted by Gasteiger charge is 2.38. The van der Waals surface area contributed by atoms with Gasteiger partial charge >= 0.3 is 12.1 Å². The topological polar surface area (TPSA) is 107 Å². The summed E-state index contributed by atoms with van der Waals surface area (Å²) < 4.78 is 58.4. The number of carbonyl (C=O) groups excluding carboxylic acids is 1. The molecular weight excluding hydrogens is 451 g/mol. The number of hydrogen-bond donors (Lipinski definition) is 2. The van der Waals surface area contributed by atoms with Crippen LogP contribution in [0.2, 0.25) is 0 Å². The molecule has 1 heterocycles. The number of halogens is 3. The molecule has 2 N–H and O–H groups in total. The number of carbonyl (C=O) groups is 2. The van der Waals surface area contributed by atoms with E-state index in [-0.39, 0.29) is 24.1 Å². The first-order valence-electron chi connectivity index (χ1n) is 10.1. The van der Waals surface area contributed by atoms with Gasteiger partial charge in [0.05, 0.1) is 5.75 Å². The third-order valence-electron chi connectivity index (χ3n) is 4.58. The lowest BCUT2D eigenvalue weighted by Gasteiger charge is -2.29. The number of sulfonamides is 1. The molecule has 182 valence electrons. The Kier molecular flexibility index (Phi) is 10.6. The quantitative estimate of drug-likeness (QED) is 0.617. The molecule has 0 unspecified atom stereocenters. The molecule has 0 bridgehead atoms. The van der Waals surface area contributed by atoms with Crippen molar-refractivity contribution in [2.24, 2.45) is 5.92 Å². The highest BCUT2D eigenvalue weighted by molar-refractivity contribution is 7.89. The summed E-state index contributed by atoms with van der Waals surface area (Å²) in [6.45, 7) is 9.08. The van der Waals surface area contributed by atoms with Crippen molar-refractivity contribution in [1.82, 2.24) is 14.5 Å². The van der Waals surface area contributed by atoms with Gasteiger partial charge in [0.1, 0.15) is 0 Å². The van der Waals surface area contributed by atoms with E-state index in [0.717, 1.165) is 5.56 Å². The Bertz CT molecular complexity index is 869. The third-order valence-corrected chi connectivity index (χ3v) is 6.43. The summed E-state index contributed by atoms with van der Waals surface area (Å²) >= 11 is 0. The van der Waals surface area contributed by atoms with Crippen LogP contribution in [0.5, 0.6) is 0 Å². The molecule has 2 rings (SSSR count). The minimum absolute atomic E-state index is 0.0304. The molecule has 0 aromatic heterocycles. The van der Waals surface area contributed by atoms with E-state index in [1.54, 1.807) is 11.0 Å². The third kappa shape index (κ3) is 9.13. The minimum atomic E-state index is -5.08. The molecule has 1 fully saturated rings. The predicted molar refractivity (Wildman–Crippen MR) is 114 cm³/mol. The first kappa shape index (κ1) is 27.9. The maximum absolute atomic E-state index is 12.9. The van der Waals surface area contributed by atoms with Crippen molar-refractivity contribution in [3.8, 4) is 0 Å². The van der Waals surface area contributed by atoms with Crippen molar-refractivity contribution in [1.29, 1.82) is 0 Å². The Morgan fingerprint density at radius 3 is 2.19 bits per heavy atom. The molecular formula is C20H30F3N3O5S. The second kappa shape index (κ2) is 12.2. The van der Waals surface area contributed by atoms with E-state index in [9.17, 15) is 26.4 Å². The van der Waals surface area contributed by atoms with Gasteiger partial charge in [-0.1, -0.05) is 32.0 Å². The largest absolute Gasteiger partial charge is 0.490 e. The summed E-state index contributed by atoms with van der Waals surface area (Å²) in [6.07, 6.45) is -5.08. The van der Waals surface area contributed by atoms with Crippen LogP contribution in [-0.4, -0.2) is 85.8 Å². The second-order valence-corrected chi connectivity index (χ2v) is 9.82. The number of aryl methyl sites for hydroxylation is 1. The number of aliphatic carboxylic acids is 1. The van der Waals surface area contributed by atoms with Gasteiger partial charge < -0.3 is 15.3 Å². The van der Waals surface area contributed by atoms with E-state index in [2.05, 4.69) is 5.32 Å². The smallest absolute Gasteiger partial charge is 0.475 e. The van der Waals surface area contributed by atoms with Crippen molar-refractivity contribution in [2.45, 2.75) is 26.9 Å². The van der Waals surface area contributed by atoms with Crippen molar-refractivity contribution in [2.75, 3.05) is 45.0 Å². The Labute approximate surface area is 186 Å². The van der Waals surface area contributed by atoms with E-state index in [0.29, 0.717) is 38.3 Å². The maximum atomic E-state index is 12.9. The van der Waals surface area contributed by atoms with Gasteiger partial charge in [0.25, 0.3) is 5.91 Å². The molecule has 0 atom stereocenters. The van der Waals surface area contributed by atoms with E-state index < -0.39 is 22.2 Å². The Morgan fingerprint density at radius 2 is 1.72 bits per heavy atom. The van der Waals surface area contributed by atoms with E-state index in [1.165, 1.54) is 4.31 Å². The highest BCUT2D eigenvalue weighted by Crippen LogP contribution is 2.14. The molecule has 0 spiro atoms. The van der Waals surface area contributed by atoms with Crippen LogP contribution in [-0.2, 0) is 14.8 Å². The van der Waals surface area contributed by atoms with Gasteiger partial charge in [-0.15, -0.1) is 0 Å². The normalized spacial score (nSPS) is 15.1. The molecule has 1 aromatic rings. The zero-order valence-electron chi connectivity index (χ0n) is 18.4. The van der Waals surface area contributed by atoms with Gasteiger partial charge in [-0.05, 0) is 24.5 Å². The molecule has 0 saturated carbocycles. The Morgan fingerprint density at radius 1 is 1.19 bits per heavy atom. The van der Waals surface area contributed by atoms with Crippen LogP contribution in [0.4, 0.5) is 13.2 Å². The zero-order valence-corrected chi connectivity index (χ0v) is 19.2. The van der Waals surface area contributed by atoms with Gasteiger partial charge in [0.2, 0.25) is 10.0 Å². The molecule has 1 aliphatic heterocycles. The lowest BCUT2D eigenvalue weighted by Crippen LogP contribution is -2.48. The van der Waals surface area contributed by atoms with E-state index >= 15 is 0 Å². The summed E-state index contributed by atoms with van der Waals surface area (Å²) in [5.74, 6) is -2.61. The van der Waals surface area contributed by atoms with E-state index in [1.807, 2.05) is 39.0 Å². The van der Waals surface area contributed by atoms with Crippen LogP contribution in [0.3, 0.4) is 0 Å². The molecule has 0 radical (unpaired) electrons. The number of amides is 1. The average molecular weight is 482 g/mol. The number of carboxylic acid groups (broad SMARTS) is 1. The predicted octanol–water partition coefficient (Wildman–Crippen LogP) is 1.96. The number of carboxylic acids is 1. The standard InChI is InChI=1S/C18H29N3O3S.C2HF3O2/c1-15(2)14-20(18(22)17-7-5-4-6-16(17)3)12-13-25(23,24)21-10-8-19-9-11-21;3-2(4,5)1(6)7/h4-7,15,19H,8-14H2,1-3H3;(H,6,7). The number of nitrogens with zero attached hydrogens (tertiary/aromatic N) is 2. The molecule has 1 saturated heterocycles. The SMILES string of the molecule is Cc1ccccc1C(=O)N(CCS(=O)(=O)N1CCNCC1)CC(C)C.O=C(O)C(F)(F)F. The monoisotopic (exact) mass is 481 g/mol. The molecule has 1 aromatic carbocycles. The van der Waals surface area contributed by atoms with Crippen LogP contribution in [0, 0.1) is 12.8 Å². The van der Waals surface area contributed by atoms with Gasteiger partial charge in [-0.3, -0.25) is 4.79 Å². The van der Waals surface area contributed by atoms with E-state index in [4.69, 9.17) is 9.90 Å². The number of benzene rings is 1. The average Bonchev–Trinajstić information content (AvgIpc) is 2.71. The van der Waals surface area contributed by atoms with Gasteiger partial charge in [-0.2, -0.15) is 17.5 Å². The van der Waals surface area contributed by atoms with Gasteiger partial charge in [0, 0.05) is 44.8 Å². The number of piperazine rings is 1. The molecule has 12 heteroatoms. The van der Waals surface area contributed by atoms with Crippen molar-refractivity contribution in [3.63, 3.8) is 0 Å². The fourth-order valence-corrected chi connectivity index (χ4v) is 4.43. The van der Waals surface area contributed by atoms with Crippen molar-refractivity contribution in [3.05, 3.63) is 35.4 Å². The van der Waals surface area contributed by atoms with Gasteiger partial charge in [-0.25, -0.2) is 13.2 Å². The molecule has 1 amide bonds. The molecule has 32 heavy (non-hydrogen) atoms. The first-order valence-corrected chi connectivity index (χ1v) is 11.7. The Balaban J connectivity index is 0.000000633. The summed E-state index contributed by atoms with van der Waals surface area (Å²) in [5.41, 5.74) is 1.55. The molecule has 8 nitrogen and oxygen atoms in total. The summed E-state index contributed by atoms with van der Waals surface area (Å²) in [7, 11) is -3.34. The van der Waals surface area contributed by atoms with Crippen molar-refractivity contribution >= 4 is 21.9 Å². The summed E-state index contributed by atoms with van der Waals surface area (Å²) in [4.78, 5) is 23.5. The first-order chi connectivity index (χ1) is 14.8. The fourth-order valence-electron chi connectivity index (χ4n) is 2.98. The fraction of sp³-hybridized carbons (Fsp3) is 0.600. The number of hydrogen-bond acceptors (Lipinski definition) is 5. The lowest BCUT2D eigenvalue weighted by atomic mass is 10.1. The highest BCUT2D eigenvalue weighted by atomic mass is 32.2. The maximum Gasteiger partial charge on any atom is 0.490 e. The van der Waals surface area contributed by atoms with Crippen LogP contribution in [0.15, 0.2) is 24.3 Å². The lowest BCUT2D eigenvalue weighted by molar-refractivity contribution is -0.192. The minimum Gasteiger partial charge on any atom is -0.475 e. The zero-order chi connectivity index (χ0) is 24.5. The van der Waals surface area contributed by atoms with Gasteiger partial charge in [0.15, 0.2) is 0 Å². The van der Waals surface area contributed by atoms with Crippen molar-refractivity contribution < 1.29 is 36.3 Å².